The van der Waals surface area contributed by atoms with Gasteiger partial charge in [-0.1, -0.05) is 19.1 Å². The summed E-state index contributed by atoms with van der Waals surface area (Å²) in [6.07, 6.45) is 4.00. The molecule has 0 spiro atoms. The third kappa shape index (κ3) is 4.84. The van der Waals surface area contributed by atoms with Crippen LogP contribution in [0.5, 0.6) is 5.75 Å². The second kappa shape index (κ2) is 7.51. The van der Waals surface area contributed by atoms with Crippen LogP contribution in [0.25, 0.3) is 0 Å². The quantitative estimate of drug-likeness (QED) is 0.820. The molecule has 106 valence electrons. The summed E-state index contributed by atoms with van der Waals surface area (Å²) in [5, 5.41) is 3.43. The molecular formula is C16H25NO2. The molecule has 0 bridgehead atoms. The summed E-state index contributed by atoms with van der Waals surface area (Å²) in [5.74, 6) is 0.964. The van der Waals surface area contributed by atoms with Crippen molar-refractivity contribution in [1.82, 2.24) is 5.32 Å². The van der Waals surface area contributed by atoms with Crippen LogP contribution < -0.4 is 10.1 Å². The normalized spacial score (nSPS) is 20.4. The van der Waals surface area contributed by atoms with Crippen molar-refractivity contribution in [2.45, 2.75) is 45.3 Å². The van der Waals surface area contributed by atoms with Crippen LogP contribution in [-0.4, -0.2) is 31.9 Å². The second-order valence-corrected chi connectivity index (χ2v) is 5.22. The molecule has 1 aromatic rings. The lowest BCUT2D eigenvalue weighted by Gasteiger charge is -2.17. The Balaban J connectivity index is 1.69. The Morgan fingerprint density at radius 3 is 3.11 bits per heavy atom. The van der Waals surface area contributed by atoms with Crippen molar-refractivity contribution >= 4 is 0 Å². The van der Waals surface area contributed by atoms with Gasteiger partial charge in [-0.3, -0.25) is 0 Å². The maximum Gasteiger partial charge on any atom is 0.120 e. The van der Waals surface area contributed by atoms with Crippen LogP contribution in [-0.2, 0) is 11.2 Å². The van der Waals surface area contributed by atoms with Gasteiger partial charge in [-0.15, -0.1) is 0 Å². The van der Waals surface area contributed by atoms with Crippen molar-refractivity contribution in [3.05, 3.63) is 29.8 Å². The average Bonchev–Trinajstić information content (AvgIpc) is 2.92. The summed E-state index contributed by atoms with van der Waals surface area (Å²) in [6, 6.07) is 8.33. The summed E-state index contributed by atoms with van der Waals surface area (Å²) in [5.41, 5.74) is 1.32. The van der Waals surface area contributed by atoms with Gasteiger partial charge < -0.3 is 14.8 Å². The van der Waals surface area contributed by atoms with Gasteiger partial charge in [0.25, 0.3) is 0 Å². The van der Waals surface area contributed by atoms with Gasteiger partial charge in [0.15, 0.2) is 0 Å². The standard InChI is InChI=1S/C16H25NO2/c1-3-14-6-4-7-15(10-14)19-13(2)11-17-12-16-8-5-9-18-16/h4,6-7,10,13,16-17H,3,5,8-9,11-12H2,1-2H3. The van der Waals surface area contributed by atoms with E-state index in [0.717, 1.165) is 31.9 Å². The van der Waals surface area contributed by atoms with E-state index in [2.05, 4.69) is 37.4 Å². The summed E-state index contributed by atoms with van der Waals surface area (Å²) in [7, 11) is 0. The molecule has 3 nitrogen and oxygen atoms in total. The lowest BCUT2D eigenvalue weighted by molar-refractivity contribution is 0.106. The number of rotatable bonds is 7. The number of ether oxygens (including phenoxy) is 2. The first-order valence-electron chi connectivity index (χ1n) is 7.36. The third-order valence-corrected chi connectivity index (χ3v) is 3.47. The highest BCUT2D eigenvalue weighted by Crippen LogP contribution is 2.15. The Labute approximate surface area is 116 Å². The molecule has 3 heteroatoms. The van der Waals surface area contributed by atoms with E-state index in [0.29, 0.717) is 6.10 Å². The Bertz CT molecular complexity index is 375. The Morgan fingerprint density at radius 2 is 2.37 bits per heavy atom. The van der Waals surface area contributed by atoms with E-state index in [9.17, 15) is 0 Å². The first-order chi connectivity index (χ1) is 9.28. The van der Waals surface area contributed by atoms with Crippen molar-refractivity contribution < 1.29 is 9.47 Å². The van der Waals surface area contributed by atoms with E-state index in [-0.39, 0.29) is 6.10 Å². The fourth-order valence-corrected chi connectivity index (χ4v) is 2.37. The largest absolute Gasteiger partial charge is 0.489 e. The number of nitrogens with one attached hydrogen (secondary N) is 1. The lowest BCUT2D eigenvalue weighted by Crippen LogP contribution is -2.34. The van der Waals surface area contributed by atoms with E-state index in [1.807, 2.05) is 6.07 Å². The average molecular weight is 263 g/mol. The van der Waals surface area contributed by atoms with Gasteiger partial charge in [-0.25, -0.2) is 0 Å². The minimum absolute atomic E-state index is 0.175. The van der Waals surface area contributed by atoms with E-state index in [4.69, 9.17) is 9.47 Å². The molecule has 0 radical (unpaired) electrons. The number of benzene rings is 1. The molecule has 1 aliphatic heterocycles. The summed E-state index contributed by atoms with van der Waals surface area (Å²) < 4.78 is 11.5. The molecule has 1 saturated heterocycles. The van der Waals surface area contributed by atoms with Gasteiger partial charge in [-0.05, 0) is 43.9 Å². The third-order valence-electron chi connectivity index (χ3n) is 3.47. The zero-order valence-electron chi connectivity index (χ0n) is 12.0. The molecule has 1 heterocycles. The van der Waals surface area contributed by atoms with E-state index in [1.165, 1.54) is 18.4 Å². The molecule has 1 N–H and O–H groups in total. The van der Waals surface area contributed by atoms with Crippen molar-refractivity contribution in [3.8, 4) is 5.75 Å². The van der Waals surface area contributed by atoms with Crippen LogP contribution >= 0.6 is 0 Å². The number of aryl methyl sites for hydroxylation is 1. The van der Waals surface area contributed by atoms with Crippen LogP contribution in [0.3, 0.4) is 0 Å². The fraction of sp³-hybridized carbons (Fsp3) is 0.625. The van der Waals surface area contributed by atoms with Crippen LogP contribution in [0.15, 0.2) is 24.3 Å². The minimum atomic E-state index is 0.175. The summed E-state index contributed by atoms with van der Waals surface area (Å²) in [4.78, 5) is 0. The van der Waals surface area contributed by atoms with Crippen LogP contribution in [0, 0.1) is 0 Å². The van der Waals surface area contributed by atoms with E-state index in [1.54, 1.807) is 0 Å². The Hall–Kier alpha value is -1.06. The molecule has 19 heavy (non-hydrogen) atoms. The van der Waals surface area contributed by atoms with Crippen molar-refractivity contribution in [3.63, 3.8) is 0 Å². The van der Waals surface area contributed by atoms with Gasteiger partial charge in [-0.2, -0.15) is 0 Å². The monoisotopic (exact) mass is 263 g/mol. The molecule has 2 unspecified atom stereocenters. The highest BCUT2D eigenvalue weighted by Gasteiger charge is 2.15. The SMILES string of the molecule is CCc1cccc(OC(C)CNCC2CCCO2)c1. The molecule has 1 aliphatic rings. The second-order valence-electron chi connectivity index (χ2n) is 5.22. The first kappa shape index (κ1) is 14.4. The van der Waals surface area contributed by atoms with Crippen LogP contribution in [0.2, 0.25) is 0 Å². The van der Waals surface area contributed by atoms with E-state index < -0.39 is 0 Å². The number of hydrogen-bond donors (Lipinski definition) is 1. The van der Waals surface area contributed by atoms with Crippen molar-refractivity contribution in [2.24, 2.45) is 0 Å². The van der Waals surface area contributed by atoms with Crippen LogP contribution in [0.4, 0.5) is 0 Å². The number of hydrogen-bond acceptors (Lipinski definition) is 3. The topological polar surface area (TPSA) is 30.5 Å². The molecular weight excluding hydrogens is 238 g/mol. The van der Waals surface area contributed by atoms with E-state index >= 15 is 0 Å². The molecule has 2 rings (SSSR count). The van der Waals surface area contributed by atoms with Gasteiger partial charge in [0.1, 0.15) is 11.9 Å². The molecule has 0 amide bonds. The maximum absolute atomic E-state index is 5.92. The van der Waals surface area contributed by atoms with Crippen LogP contribution in [0.1, 0.15) is 32.3 Å². The van der Waals surface area contributed by atoms with Crippen molar-refractivity contribution in [1.29, 1.82) is 0 Å². The molecule has 0 aliphatic carbocycles. The maximum atomic E-state index is 5.92. The van der Waals surface area contributed by atoms with Gasteiger partial charge in [0.2, 0.25) is 0 Å². The smallest absolute Gasteiger partial charge is 0.120 e. The highest BCUT2D eigenvalue weighted by atomic mass is 16.5. The zero-order chi connectivity index (χ0) is 13.5. The fourth-order valence-electron chi connectivity index (χ4n) is 2.37. The summed E-state index contributed by atoms with van der Waals surface area (Å²) in [6.45, 7) is 6.97. The molecule has 1 fully saturated rings. The predicted molar refractivity (Wildman–Crippen MR) is 77.8 cm³/mol. The summed E-state index contributed by atoms with van der Waals surface area (Å²) >= 11 is 0. The minimum Gasteiger partial charge on any atom is -0.489 e. The van der Waals surface area contributed by atoms with Gasteiger partial charge >= 0.3 is 0 Å². The molecule has 1 aromatic carbocycles. The molecule has 0 aromatic heterocycles. The first-order valence-corrected chi connectivity index (χ1v) is 7.36. The lowest BCUT2D eigenvalue weighted by atomic mass is 10.2. The Morgan fingerprint density at radius 1 is 1.47 bits per heavy atom. The zero-order valence-corrected chi connectivity index (χ0v) is 12.0. The van der Waals surface area contributed by atoms with Gasteiger partial charge in [0.05, 0.1) is 6.10 Å². The van der Waals surface area contributed by atoms with Crippen molar-refractivity contribution in [2.75, 3.05) is 19.7 Å². The molecule has 0 saturated carbocycles. The Kier molecular flexibility index (Phi) is 5.67. The van der Waals surface area contributed by atoms with Gasteiger partial charge in [0, 0.05) is 19.7 Å². The molecule has 2 atom stereocenters. The predicted octanol–water partition coefficient (Wildman–Crippen LogP) is 2.78. The highest BCUT2D eigenvalue weighted by molar-refractivity contribution is 5.28.